The van der Waals surface area contributed by atoms with Crippen molar-refractivity contribution in [2.45, 2.75) is 6.42 Å². The van der Waals surface area contributed by atoms with E-state index in [2.05, 4.69) is 9.98 Å². The maximum Gasteiger partial charge on any atom is 0.277 e. The standard InChI is InChI=1S/C12H8N2OS/c15-11-9-4-2-1-3-8(9)7-10(14-11)12-13-5-6-16-12/h1-6H,7H2. The van der Waals surface area contributed by atoms with Gasteiger partial charge in [0.15, 0.2) is 0 Å². The van der Waals surface area contributed by atoms with E-state index in [-0.39, 0.29) is 5.91 Å². The molecule has 4 heteroatoms. The highest BCUT2D eigenvalue weighted by Crippen LogP contribution is 2.20. The van der Waals surface area contributed by atoms with Crippen LogP contribution in [0.4, 0.5) is 0 Å². The van der Waals surface area contributed by atoms with Crippen molar-refractivity contribution in [3.05, 3.63) is 52.0 Å². The van der Waals surface area contributed by atoms with E-state index in [1.165, 1.54) is 11.3 Å². The summed E-state index contributed by atoms with van der Waals surface area (Å²) >= 11 is 1.51. The Morgan fingerprint density at radius 2 is 2.12 bits per heavy atom. The van der Waals surface area contributed by atoms with Gasteiger partial charge in [-0.3, -0.25) is 4.79 Å². The Labute approximate surface area is 96.5 Å². The highest BCUT2D eigenvalue weighted by atomic mass is 32.1. The molecule has 0 atom stereocenters. The molecule has 0 saturated heterocycles. The monoisotopic (exact) mass is 228 g/mol. The van der Waals surface area contributed by atoms with E-state index in [1.54, 1.807) is 6.20 Å². The van der Waals surface area contributed by atoms with E-state index < -0.39 is 0 Å². The summed E-state index contributed by atoms with van der Waals surface area (Å²) in [5.41, 5.74) is 2.52. The molecule has 0 unspecified atom stereocenters. The van der Waals surface area contributed by atoms with Gasteiger partial charge in [-0.15, -0.1) is 11.3 Å². The first-order chi connectivity index (χ1) is 7.84. The van der Waals surface area contributed by atoms with Crippen LogP contribution in [-0.2, 0) is 6.42 Å². The number of aromatic nitrogens is 1. The second kappa shape index (κ2) is 3.64. The van der Waals surface area contributed by atoms with E-state index in [4.69, 9.17) is 0 Å². The van der Waals surface area contributed by atoms with Crippen LogP contribution >= 0.6 is 11.3 Å². The molecule has 1 aliphatic rings. The van der Waals surface area contributed by atoms with E-state index in [9.17, 15) is 4.79 Å². The fourth-order valence-corrected chi connectivity index (χ4v) is 2.40. The van der Waals surface area contributed by atoms with Crippen LogP contribution < -0.4 is 0 Å². The lowest BCUT2D eigenvalue weighted by molar-refractivity contribution is 0.1000. The Morgan fingerprint density at radius 3 is 2.94 bits per heavy atom. The van der Waals surface area contributed by atoms with Crippen molar-refractivity contribution in [1.82, 2.24) is 4.98 Å². The molecule has 2 heterocycles. The molecule has 0 radical (unpaired) electrons. The SMILES string of the molecule is O=C1N=C(c2nccs2)Cc2ccccc21. The molecule has 0 bridgehead atoms. The molecule has 3 nitrogen and oxygen atoms in total. The molecule has 0 saturated carbocycles. The first-order valence-corrected chi connectivity index (χ1v) is 5.82. The minimum atomic E-state index is -0.160. The number of carbonyl (C=O) groups excluding carboxylic acids is 1. The average Bonchev–Trinajstić information content (AvgIpc) is 2.82. The predicted octanol–water partition coefficient (Wildman–Crippen LogP) is 2.33. The first kappa shape index (κ1) is 9.42. The molecule has 1 aromatic heterocycles. The number of hydrogen-bond donors (Lipinski definition) is 0. The second-order valence-corrected chi connectivity index (χ2v) is 4.43. The molecule has 0 spiro atoms. The molecule has 0 aliphatic carbocycles. The van der Waals surface area contributed by atoms with Gasteiger partial charge in [0.1, 0.15) is 5.01 Å². The van der Waals surface area contributed by atoms with Crippen LogP contribution in [0.1, 0.15) is 20.9 Å². The molecular formula is C12H8N2OS. The molecule has 0 fully saturated rings. The van der Waals surface area contributed by atoms with Gasteiger partial charge in [-0.2, -0.15) is 0 Å². The van der Waals surface area contributed by atoms with Crippen LogP contribution in [0.5, 0.6) is 0 Å². The summed E-state index contributed by atoms with van der Waals surface area (Å²) in [5.74, 6) is -0.160. The maximum absolute atomic E-state index is 11.8. The summed E-state index contributed by atoms with van der Waals surface area (Å²) in [4.78, 5) is 20.1. The lowest BCUT2D eigenvalue weighted by Crippen LogP contribution is -2.17. The zero-order chi connectivity index (χ0) is 11.0. The predicted molar refractivity (Wildman–Crippen MR) is 63.1 cm³/mol. The van der Waals surface area contributed by atoms with E-state index in [0.717, 1.165) is 16.3 Å². The first-order valence-electron chi connectivity index (χ1n) is 4.94. The molecule has 78 valence electrons. The van der Waals surface area contributed by atoms with Crippen LogP contribution in [0.25, 0.3) is 0 Å². The van der Waals surface area contributed by atoms with Crippen LogP contribution in [0, 0.1) is 0 Å². The Morgan fingerprint density at radius 1 is 1.25 bits per heavy atom. The van der Waals surface area contributed by atoms with Crippen LogP contribution in [-0.4, -0.2) is 16.6 Å². The average molecular weight is 228 g/mol. The van der Waals surface area contributed by atoms with Gasteiger partial charge in [0.2, 0.25) is 0 Å². The molecular weight excluding hydrogens is 220 g/mol. The third kappa shape index (κ3) is 1.47. The van der Waals surface area contributed by atoms with Gasteiger partial charge in [-0.25, -0.2) is 9.98 Å². The lowest BCUT2D eigenvalue weighted by atomic mass is 9.99. The number of amides is 1. The van der Waals surface area contributed by atoms with Crippen LogP contribution in [0.2, 0.25) is 0 Å². The minimum Gasteiger partial charge on any atom is -0.267 e. The number of fused-ring (bicyclic) bond motifs is 1. The zero-order valence-electron chi connectivity index (χ0n) is 8.38. The smallest absolute Gasteiger partial charge is 0.267 e. The zero-order valence-corrected chi connectivity index (χ0v) is 9.20. The molecule has 16 heavy (non-hydrogen) atoms. The van der Waals surface area contributed by atoms with Crippen LogP contribution in [0.3, 0.4) is 0 Å². The number of benzene rings is 1. The molecule has 1 aromatic carbocycles. The van der Waals surface area contributed by atoms with Gasteiger partial charge >= 0.3 is 0 Å². The third-order valence-electron chi connectivity index (χ3n) is 2.52. The number of hydrogen-bond acceptors (Lipinski definition) is 3. The fourth-order valence-electron chi connectivity index (χ4n) is 1.78. The summed E-state index contributed by atoms with van der Waals surface area (Å²) in [6.45, 7) is 0. The molecule has 1 aliphatic heterocycles. The van der Waals surface area contributed by atoms with Gasteiger partial charge in [0.25, 0.3) is 5.91 Å². The lowest BCUT2D eigenvalue weighted by Gasteiger charge is -2.12. The van der Waals surface area contributed by atoms with Crippen molar-refractivity contribution in [3.8, 4) is 0 Å². The van der Waals surface area contributed by atoms with Crippen LogP contribution in [0.15, 0.2) is 40.8 Å². The third-order valence-corrected chi connectivity index (χ3v) is 3.34. The number of nitrogens with zero attached hydrogens (tertiary/aromatic N) is 2. The Balaban J connectivity index is 2.07. The van der Waals surface area contributed by atoms with E-state index in [0.29, 0.717) is 12.0 Å². The highest BCUT2D eigenvalue weighted by Gasteiger charge is 2.20. The van der Waals surface area contributed by atoms with E-state index in [1.807, 2.05) is 29.6 Å². The normalized spacial score (nSPS) is 14.5. The van der Waals surface area contributed by atoms with Gasteiger partial charge in [-0.1, -0.05) is 18.2 Å². The largest absolute Gasteiger partial charge is 0.277 e. The summed E-state index contributed by atoms with van der Waals surface area (Å²) in [5, 5.41) is 2.73. The minimum absolute atomic E-state index is 0.160. The number of rotatable bonds is 1. The summed E-state index contributed by atoms with van der Waals surface area (Å²) in [7, 11) is 0. The van der Waals surface area contributed by atoms with Crippen molar-refractivity contribution in [1.29, 1.82) is 0 Å². The van der Waals surface area contributed by atoms with Gasteiger partial charge in [-0.05, 0) is 11.6 Å². The second-order valence-electron chi connectivity index (χ2n) is 3.53. The molecule has 1 amide bonds. The summed E-state index contributed by atoms with van der Waals surface area (Å²) in [6.07, 6.45) is 2.42. The maximum atomic E-state index is 11.8. The highest BCUT2D eigenvalue weighted by molar-refractivity contribution is 7.11. The molecule has 3 rings (SSSR count). The van der Waals surface area contributed by atoms with E-state index >= 15 is 0 Å². The van der Waals surface area contributed by atoms with Crippen molar-refractivity contribution in [2.24, 2.45) is 4.99 Å². The fraction of sp³-hybridized carbons (Fsp3) is 0.0833. The Hall–Kier alpha value is -1.81. The topological polar surface area (TPSA) is 42.3 Å². The van der Waals surface area contributed by atoms with Crippen molar-refractivity contribution in [2.75, 3.05) is 0 Å². The quantitative estimate of drug-likeness (QED) is 0.751. The Kier molecular flexibility index (Phi) is 2.15. The van der Waals surface area contributed by atoms with Crippen molar-refractivity contribution < 1.29 is 4.79 Å². The number of carbonyl (C=O) groups is 1. The summed E-state index contributed by atoms with van der Waals surface area (Å²) in [6, 6.07) is 7.59. The van der Waals surface area contributed by atoms with Gasteiger partial charge in [0, 0.05) is 23.6 Å². The number of thiazole rings is 1. The summed E-state index contributed by atoms with van der Waals surface area (Å²) < 4.78 is 0. The van der Waals surface area contributed by atoms with Gasteiger partial charge < -0.3 is 0 Å². The molecule has 0 N–H and O–H groups in total. The number of aliphatic imine (C=N–C) groups is 1. The van der Waals surface area contributed by atoms with Gasteiger partial charge in [0.05, 0.1) is 5.71 Å². The Bertz CT molecular complexity index is 572. The van der Waals surface area contributed by atoms with Crippen molar-refractivity contribution in [3.63, 3.8) is 0 Å². The molecule has 2 aromatic rings. The van der Waals surface area contributed by atoms with Crippen molar-refractivity contribution >= 4 is 23.0 Å².